The van der Waals surface area contributed by atoms with Crippen LogP contribution in [0.4, 0.5) is 8.78 Å². The molecule has 0 radical (unpaired) electrons. The molecule has 1 aromatic carbocycles. The molecule has 0 bridgehead atoms. The van der Waals surface area contributed by atoms with Gasteiger partial charge < -0.3 is 0 Å². The van der Waals surface area contributed by atoms with E-state index in [9.17, 15) is 13.6 Å². The van der Waals surface area contributed by atoms with Crippen molar-refractivity contribution in [2.24, 2.45) is 0 Å². The number of ketones is 1. The molecular formula is C29H26F2N6O. The number of piperidine rings is 1. The van der Waals surface area contributed by atoms with Crippen LogP contribution in [0.2, 0.25) is 0 Å². The SMILES string of the molecule is O=C(CN1CCCC[C@H]1Cn1cc(-c2ccc(F)cn2)cn1)c1c(-c2ccccc2)nc2ccc(F)cn12. The third-order valence-electron chi connectivity index (χ3n) is 7.04. The molecule has 5 heterocycles. The number of fused-ring (bicyclic) bond motifs is 1. The first-order valence-electron chi connectivity index (χ1n) is 12.7. The van der Waals surface area contributed by atoms with Crippen LogP contribution in [0.15, 0.2) is 79.4 Å². The molecule has 1 fully saturated rings. The Bertz CT molecular complexity index is 1580. The molecule has 9 heteroatoms. The quantitative estimate of drug-likeness (QED) is 0.278. The fraction of sp³-hybridized carbons (Fsp3) is 0.241. The maximum Gasteiger partial charge on any atom is 0.195 e. The van der Waals surface area contributed by atoms with Crippen LogP contribution in [0.3, 0.4) is 0 Å². The number of halogens is 2. The van der Waals surface area contributed by atoms with Gasteiger partial charge in [0, 0.05) is 29.6 Å². The topological polar surface area (TPSA) is 68.3 Å². The Labute approximate surface area is 218 Å². The summed E-state index contributed by atoms with van der Waals surface area (Å²) in [5.41, 5.74) is 3.75. The zero-order valence-corrected chi connectivity index (χ0v) is 20.7. The average Bonchev–Trinajstić information content (AvgIpc) is 3.55. The highest BCUT2D eigenvalue weighted by Gasteiger charge is 2.28. The number of Topliss-reactive ketones (excluding diaryl/α,β-unsaturated/α-hetero) is 1. The summed E-state index contributed by atoms with van der Waals surface area (Å²) in [7, 11) is 0. The lowest BCUT2D eigenvalue weighted by atomic mass is 10.0. The molecule has 0 aliphatic carbocycles. The van der Waals surface area contributed by atoms with E-state index in [1.54, 1.807) is 22.7 Å². The first kappa shape index (κ1) is 24.1. The Morgan fingerprint density at radius 2 is 1.76 bits per heavy atom. The molecule has 192 valence electrons. The Hall–Kier alpha value is -4.24. The van der Waals surface area contributed by atoms with Gasteiger partial charge in [-0.2, -0.15) is 5.10 Å². The van der Waals surface area contributed by atoms with Crippen LogP contribution in [-0.2, 0) is 6.54 Å². The van der Waals surface area contributed by atoms with Crippen LogP contribution in [-0.4, -0.2) is 54.0 Å². The molecule has 1 aliphatic rings. The second-order valence-corrected chi connectivity index (χ2v) is 9.61. The highest BCUT2D eigenvalue weighted by atomic mass is 19.1. The Balaban J connectivity index is 1.26. The lowest BCUT2D eigenvalue weighted by Crippen LogP contribution is -2.45. The molecule has 7 nitrogen and oxygen atoms in total. The number of hydrogen-bond acceptors (Lipinski definition) is 5. The fourth-order valence-corrected chi connectivity index (χ4v) is 5.17. The molecule has 1 saturated heterocycles. The number of pyridine rings is 2. The second kappa shape index (κ2) is 10.3. The van der Waals surface area contributed by atoms with E-state index in [0.717, 1.165) is 36.9 Å². The predicted octanol–water partition coefficient (Wildman–Crippen LogP) is 5.28. The van der Waals surface area contributed by atoms with Gasteiger partial charge in [-0.25, -0.2) is 13.8 Å². The minimum absolute atomic E-state index is 0.106. The Morgan fingerprint density at radius 1 is 0.921 bits per heavy atom. The number of likely N-dealkylation sites (tertiary alicyclic amines) is 1. The van der Waals surface area contributed by atoms with Crippen molar-refractivity contribution in [3.63, 3.8) is 0 Å². The van der Waals surface area contributed by atoms with Gasteiger partial charge >= 0.3 is 0 Å². The van der Waals surface area contributed by atoms with E-state index < -0.39 is 5.82 Å². The van der Waals surface area contributed by atoms with Crippen molar-refractivity contribution in [2.45, 2.75) is 31.8 Å². The van der Waals surface area contributed by atoms with E-state index in [4.69, 9.17) is 0 Å². The van der Waals surface area contributed by atoms with Gasteiger partial charge in [0.15, 0.2) is 5.78 Å². The van der Waals surface area contributed by atoms with Gasteiger partial charge in [0.05, 0.1) is 31.2 Å². The van der Waals surface area contributed by atoms with Gasteiger partial charge in [0.25, 0.3) is 0 Å². The largest absolute Gasteiger partial charge is 0.293 e. The van der Waals surface area contributed by atoms with Crippen LogP contribution in [0, 0.1) is 11.6 Å². The maximum atomic E-state index is 14.2. The normalized spacial score (nSPS) is 16.2. The van der Waals surface area contributed by atoms with Crippen molar-refractivity contribution in [1.29, 1.82) is 0 Å². The first-order chi connectivity index (χ1) is 18.5. The summed E-state index contributed by atoms with van der Waals surface area (Å²) in [6, 6.07) is 15.6. The van der Waals surface area contributed by atoms with Crippen LogP contribution >= 0.6 is 0 Å². The number of imidazole rings is 1. The minimum Gasteiger partial charge on any atom is -0.293 e. The lowest BCUT2D eigenvalue weighted by Gasteiger charge is -2.35. The highest BCUT2D eigenvalue weighted by Crippen LogP contribution is 2.27. The smallest absolute Gasteiger partial charge is 0.195 e. The van der Waals surface area contributed by atoms with E-state index >= 15 is 0 Å². The summed E-state index contributed by atoms with van der Waals surface area (Å²) in [4.78, 5) is 24.8. The Kier molecular flexibility index (Phi) is 6.51. The van der Waals surface area contributed by atoms with Crippen molar-refractivity contribution in [1.82, 2.24) is 29.0 Å². The molecule has 0 N–H and O–H groups in total. The summed E-state index contributed by atoms with van der Waals surface area (Å²) >= 11 is 0. The first-order valence-corrected chi connectivity index (χ1v) is 12.7. The van der Waals surface area contributed by atoms with E-state index in [1.165, 1.54) is 24.5 Å². The molecule has 0 spiro atoms. The Morgan fingerprint density at radius 3 is 2.58 bits per heavy atom. The molecule has 38 heavy (non-hydrogen) atoms. The molecular weight excluding hydrogens is 486 g/mol. The molecule has 0 unspecified atom stereocenters. The fourth-order valence-electron chi connectivity index (χ4n) is 5.17. The number of carbonyl (C=O) groups is 1. The van der Waals surface area contributed by atoms with Gasteiger partial charge in [-0.1, -0.05) is 36.8 Å². The summed E-state index contributed by atoms with van der Waals surface area (Å²) in [6.07, 6.45) is 9.14. The third kappa shape index (κ3) is 4.84. The summed E-state index contributed by atoms with van der Waals surface area (Å²) in [5.74, 6) is -0.914. The van der Waals surface area contributed by atoms with Crippen LogP contribution < -0.4 is 0 Å². The predicted molar refractivity (Wildman–Crippen MR) is 140 cm³/mol. The van der Waals surface area contributed by atoms with Gasteiger partial charge in [-0.05, 0) is 43.7 Å². The number of aromatic nitrogens is 5. The number of carbonyl (C=O) groups excluding carboxylic acids is 1. The van der Waals surface area contributed by atoms with Gasteiger partial charge in [-0.15, -0.1) is 0 Å². The second-order valence-electron chi connectivity index (χ2n) is 9.61. The molecule has 1 aliphatic heterocycles. The summed E-state index contributed by atoms with van der Waals surface area (Å²) in [5, 5.41) is 4.49. The lowest BCUT2D eigenvalue weighted by molar-refractivity contribution is 0.0809. The summed E-state index contributed by atoms with van der Waals surface area (Å²) in [6.45, 7) is 1.60. The standard InChI is InChI=1S/C29H26F2N6O/c30-22-9-11-25(32-15-22)21-14-33-36(16-21)18-24-8-4-5-13-35(24)19-26(38)29-28(20-6-2-1-3-7-20)34-27-12-10-23(31)17-37(27)29/h1-3,6-7,9-12,14-17,24H,4-5,8,13,18-19H2/t24-/m0/s1. The van der Waals surface area contributed by atoms with Crippen molar-refractivity contribution in [2.75, 3.05) is 13.1 Å². The molecule has 5 aromatic rings. The monoisotopic (exact) mass is 512 g/mol. The number of rotatable bonds is 7. The van der Waals surface area contributed by atoms with E-state index in [2.05, 4.69) is 20.0 Å². The molecule has 1 atom stereocenters. The summed E-state index contributed by atoms with van der Waals surface area (Å²) < 4.78 is 30.9. The third-order valence-corrected chi connectivity index (χ3v) is 7.04. The number of nitrogens with zero attached hydrogens (tertiary/aromatic N) is 6. The van der Waals surface area contributed by atoms with Crippen LogP contribution in [0.25, 0.3) is 28.2 Å². The van der Waals surface area contributed by atoms with E-state index in [-0.39, 0.29) is 24.2 Å². The maximum absolute atomic E-state index is 14.2. The van der Waals surface area contributed by atoms with Crippen molar-refractivity contribution < 1.29 is 13.6 Å². The average molecular weight is 513 g/mol. The van der Waals surface area contributed by atoms with Crippen molar-refractivity contribution >= 4 is 11.4 Å². The number of benzene rings is 1. The number of hydrogen-bond donors (Lipinski definition) is 0. The van der Waals surface area contributed by atoms with Gasteiger partial charge in [-0.3, -0.25) is 23.8 Å². The van der Waals surface area contributed by atoms with Crippen LogP contribution in [0.1, 0.15) is 29.8 Å². The van der Waals surface area contributed by atoms with Crippen molar-refractivity contribution in [3.05, 3.63) is 96.7 Å². The molecule has 6 rings (SSSR count). The molecule has 0 saturated carbocycles. The zero-order chi connectivity index (χ0) is 26.1. The van der Waals surface area contributed by atoms with Gasteiger partial charge in [0.1, 0.15) is 28.7 Å². The zero-order valence-electron chi connectivity index (χ0n) is 20.7. The molecule has 4 aromatic heterocycles. The van der Waals surface area contributed by atoms with Gasteiger partial charge in [0.2, 0.25) is 0 Å². The van der Waals surface area contributed by atoms with Crippen LogP contribution in [0.5, 0.6) is 0 Å². The highest BCUT2D eigenvalue weighted by molar-refractivity contribution is 6.02. The molecule has 0 amide bonds. The minimum atomic E-state index is -0.426. The van der Waals surface area contributed by atoms with E-state index in [0.29, 0.717) is 29.3 Å². The van der Waals surface area contributed by atoms with Crippen molar-refractivity contribution in [3.8, 4) is 22.5 Å². The van der Waals surface area contributed by atoms with E-state index in [1.807, 2.05) is 41.2 Å².